The highest BCUT2D eigenvalue weighted by Gasteiger charge is 2.56. The van der Waals surface area contributed by atoms with Crippen LogP contribution in [-0.4, -0.2) is 22.4 Å². The molecule has 0 radical (unpaired) electrons. The highest BCUT2D eigenvalue weighted by atomic mass is 35.5. The van der Waals surface area contributed by atoms with E-state index in [-0.39, 0.29) is 22.4 Å². The standard InChI is InChI=1S/C10H9ClFN3O/c11-9-13-5-6(12)7(14-9)15-4-3-10(1-2-10)8(15)16/h5H,1-4H2. The minimum absolute atomic E-state index is 0.00813. The third kappa shape index (κ3) is 1.31. The third-order valence-electron chi connectivity index (χ3n) is 3.32. The average molecular weight is 242 g/mol. The van der Waals surface area contributed by atoms with E-state index in [4.69, 9.17) is 11.6 Å². The number of hydrogen-bond acceptors (Lipinski definition) is 3. The van der Waals surface area contributed by atoms with Crippen LogP contribution in [0.25, 0.3) is 0 Å². The van der Waals surface area contributed by atoms with Crippen LogP contribution in [0.15, 0.2) is 6.20 Å². The summed E-state index contributed by atoms with van der Waals surface area (Å²) < 4.78 is 13.5. The topological polar surface area (TPSA) is 46.1 Å². The molecule has 1 aliphatic heterocycles. The van der Waals surface area contributed by atoms with Crippen LogP contribution < -0.4 is 4.90 Å². The molecule has 1 spiro atoms. The van der Waals surface area contributed by atoms with Crippen molar-refractivity contribution < 1.29 is 9.18 Å². The van der Waals surface area contributed by atoms with E-state index >= 15 is 0 Å². The third-order valence-corrected chi connectivity index (χ3v) is 3.50. The van der Waals surface area contributed by atoms with Gasteiger partial charge < -0.3 is 0 Å². The van der Waals surface area contributed by atoms with Gasteiger partial charge in [0.1, 0.15) is 0 Å². The van der Waals surface area contributed by atoms with Gasteiger partial charge >= 0.3 is 0 Å². The van der Waals surface area contributed by atoms with Gasteiger partial charge in [0, 0.05) is 6.54 Å². The number of nitrogens with zero attached hydrogens (tertiary/aromatic N) is 3. The first kappa shape index (κ1) is 9.96. The molecule has 1 amide bonds. The van der Waals surface area contributed by atoms with Crippen molar-refractivity contribution in [3.8, 4) is 0 Å². The Kier molecular flexibility index (Phi) is 1.95. The van der Waals surface area contributed by atoms with Crippen molar-refractivity contribution in [3.05, 3.63) is 17.3 Å². The molecule has 1 aromatic heterocycles. The second kappa shape index (κ2) is 3.13. The average Bonchev–Trinajstić information content (AvgIpc) is 2.97. The van der Waals surface area contributed by atoms with Crippen LogP contribution in [0.1, 0.15) is 19.3 Å². The van der Waals surface area contributed by atoms with Gasteiger partial charge in [-0.3, -0.25) is 9.69 Å². The van der Waals surface area contributed by atoms with Crippen LogP contribution in [0, 0.1) is 11.2 Å². The smallest absolute Gasteiger partial charge is 0.234 e. The molecule has 1 saturated heterocycles. The fourth-order valence-corrected chi connectivity index (χ4v) is 2.29. The molecule has 84 valence electrons. The Bertz CT molecular complexity index is 475. The molecular weight excluding hydrogens is 233 g/mol. The van der Waals surface area contributed by atoms with Gasteiger partial charge in [-0.15, -0.1) is 0 Å². The molecule has 3 rings (SSSR count). The number of carbonyl (C=O) groups excluding carboxylic acids is 1. The molecule has 1 aliphatic carbocycles. The summed E-state index contributed by atoms with van der Waals surface area (Å²) in [6.07, 6.45) is 3.59. The summed E-state index contributed by atoms with van der Waals surface area (Å²) >= 11 is 5.60. The van der Waals surface area contributed by atoms with Crippen molar-refractivity contribution in [3.63, 3.8) is 0 Å². The molecule has 2 heterocycles. The second-order valence-corrected chi connectivity index (χ2v) is 4.64. The summed E-state index contributed by atoms with van der Waals surface area (Å²) in [4.78, 5) is 20.7. The zero-order valence-electron chi connectivity index (χ0n) is 8.41. The SMILES string of the molecule is O=C1N(c2nc(Cl)ncc2F)CCC12CC2. The highest BCUT2D eigenvalue weighted by molar-refractivity contribution is 6.28. The number of amides is 1. The van der Waals surface area contributed by atoms with Crippen LogP contribution in [0.4, 0.5) is 10.2 Å². The molecule has 16 heavy (non-hydrogen) atoms. The fraction of sp³-hybridized carbons (Fsp3) is 0.500. The van der Waals surface area contributed by atoms with E-state index in [0.29, 0.717) is 6.54 Å². The first-order valence-corrected chi connectivity index (χ1v) is 5.50. The maximum Gasteiger partial charge on any atom is 0.234 e. The van der Waals surface area contributed by atoms with Gasteiger partial charge in [-0.1, -0.05) is 0 Å². The summed E-state index contributed by atoms with van der Waals surface area (Å²) in [6, 6.07) is 0. The number of aromatic nitrogens is 2. The van der Waals surface area contributed by atoms with Crippen LogP contribution in [0.2, 0.25) is 5.28 Å². The lowest BCUT2D eigenvalue weighted by Gasteiger charge is -2.15. The van der Waals surface area contributed by atoms with Crippen molar-refractivity contribution in [1.29, 1.82) is 0 Å². The van der Waals surface area contributed by atoms with E-state index in [1.165, 1.54) is 4.90 Å². The molecule has 6 heteroatoms. The van der Waals surface area contributed by atoms with Crippen LogP contribution in [-0.2, 0) is 4.79 Å². The predicted octanol–water partition coefficient (Wildman–Crippen LogP) is 1.79. The minimum atomic E-state index is -0.601. The molecule has 2 fully saturated rings. The van der Waals surface area contributed by atoms with Crippen molar-refractivity contribution in [2.45, 2.75) is 19.3 Å². The summed E-state index contributed by atoms with van der Waals surface area (Å²) in [7, 11) is 0. The fourth-order valence-electron chi connectivity index (χ4n) is 2.16. The van der Waals surface area contributed by atoms with Crippen molar-refractivity contribution in [1.82, 2.24) is 9.97 Å². The van der Waals surface area contributed by atoms with Gasteiger partial charge in [0.2, 0.25) is 11.2 Å². The lowest BCUT2D eigenvalue weighted by atomic mass is 10.1. The molecule has 1 aromatic rings. The zero-order valence-corrected chi connectivity index (χ0v) is 9.17. The van der Waals surface area contributed by atoms with Gasteiger partial charge in [-0.2, -0.15) is 4.98 Å². The Morgan fingerprint density at radius 1 is 1.44 bits per heavy atom. The Hall–Kier alpha value is -1.23. The first-order valence-electron chi connectivity index (χ1n) is 5.12. The highest BCUT2D eigenvalue weighted by Crippen LogP contribution is 2.54. The number of hydrogen-bond donors (Lipinski definition) is 0. The monoisotopic (exact) mass is 241 g/mol. The summed E-state index contributed by atoms with van der Waals surface area (Å²) in [5.41, 5.74) is -0.218. The molecule has 0 unspecified atom stereocenters. The molecule has 0 bridgehead atoms. The Labute approximate surface area is 96.4 Å². The first-order chi connectivity index (χ1) is 7.62. The van der Waals surface area contributed by atoms with Gasteiger partial charge in [-0.25, -0.2) is 9.37 Å². The lowest BCUT2D eigenvalue weighted by Crippen LogP contribution is -2.29. The van der Waals surface area contributed by atoms with E-state index in [1.807, 2.05) is 0 Å². The summed E-state index contributed by atoms with van der Waals surface area (Å²) in [5, 5.41) is -0.0408. The van der Waals surface area contributed by atoms with E-state index < -0.39 is 5.82 Å². The van der Waals surface area contributed by atoms with Gasteiger partial charge in [0.05, 0.1) is 11.6 Å². The minimum Gasteiger partial charge on any atom is -0.294 e. The largest absolute Gasteiger partial charge is 0.294 e. The van der Waals surface area contributed by atoms with E-state index in [2.05, 4.69) is 9.97 Å². The van der Waals surface area contributed by atoms with E-state index in [1.54, 1.807) is 0 Å². The molecule has 0 aromatic carbocycles. The number of rotatable bonds is 1. The van der Waals surface area contributed by atoms with Crippen LogP contribution in [0.5, 0.6) is 0 Å². The molecule has 2 aliphatic rings. The van der Waals surface area contributed by atoms with E-state index in [9.17, 15) is 9.18 Å². The molecule has 0 atom stereocenters. The zero-order chi connectivity index (χ0) is 11.3. The number of carbonyl (C=O) groups is 1. The van der Waals surface area contributed by atoms with Gasteiger partial charge in [0.25, 0.3) is 0 Å². The Balaban J connectivity index is 1.98. The Morgan fingerprint density at radius 2 is 2.19 bits per heavy atom. The van der Waals surface area contributed by atoms with E-state index in [0.717, 1.165) is 25.5 Å². The summed E-state index contributed by atoms with van der Waals surface area (Å²) in [6.45, 7) is 0.517. The molecule has 1 saturated carbocycles. The maximum atomic E-state index is 13.5. The van der Waals surface area contributed by atoms with Gasteiger partial charge in [0.15, 0.2) is 11.6 Å². The van der Waals surface area contributed by atoms with Gasteiger partial charge in [-0.05, 0) is 30.9 Å². The van der Waals surface area contributed by atoms with Crippen molar-refractivity contribution in [2.75, 3.05) is 11.4 Å². The van der Waals surface area contributed by atoms with Crippen LogP contribution in [0.3, 0.4) is 0 Å². The van der Waals surface area contributed by atoms with Crippen molar-refractivity contribution >= 4 is 23.3 Å². The molecule has 0 N–H and O–H groups in total. The normalized spacial score (nSPS) is 21.9. The Morgan fingerprint density at radius 3 is 2.81 bits per heavy atom. The molecular formula is C10H9ClFN3O. The lowest BCUT2D eigenvalue weighted by molar-refractivity contribution is -0.121. The second-order valence-electron chi connectivity index (χ2n) is 4.30. The predicted molar refractivity (Wildman–Crippen MR) is 55.6 cm³/mol. The van der Waals surface area contributed by atoms with Crippen molar-refractivity contribution in [2.24, 2.45) is 5.41 Å². The molecule has 4 nitrogen and oxygen atoms in total. The van der Waals surface area contributed by atoms with Crippen LogP contribution >= 0.6 is 11.6 Å². The maximum absolute atomic E-state index is 13.5. The summed E-state index contributed by atoms with van der Waals surface area (Å²) in [5.74, 6) is -0.620. The quantitative estimate of drug-likeness (QED) is 0.704. The number of halogens is 2. The number of anilines is 1.